The third-order valence-corrected chi connectivity index (χ3v) is 5.04. The van der Waals surface area contributed by atoms with Gasteiger partial charge in [-0.3, -0.25) is 0 Å². The zero-order valence-electron chi connectivity index (χ0n) is 13.5. The second-order valence-electron chi connectivity index (χ2n) is 6.39. The van der Waals surface area contributed by atoms with Gasteiger partial charge in [-0.05, 0) is 25.2 Å². The molecule has 3 rings (SSSR count). The van der Waals surface area contributed by atoms with Gasteiger partial charge in [-0.2, -0.15) is 0 Å². The fourth-order valence-corrected chi connectivity index (χ4v) is 3.54. The maximum Gasteiger partial charge on any atom is 0.134 e. The van der Waals surface area contributed by atoms with Crippen molar-refractivity contribution >= 4 is 11.6 Å². The van der Waals surface area contributed by atoms with Gasteiger partial charge in [0.15, 0.2) is 0 Å². The Bertz CT molecular complexity index is 499. The number of rotatable bonds is 4. The average Bonchev–Trinajstić information content (AvgIpc) is 3.04. The van der Waals surface area contributed by atoms with Crippen LogP contribution in [0.25, 0.3) is 0 Å². The van der Waals surface area contributed by atoms with Crippen LogP contribution >= 0.6 is 0 Å². The van der Waals surface area contributed by atoms with E-state index in [4.69, 9.17) is 4.74 Å². The molecule has 0 aromatic carbocycles. The topological polar surface area (TPSA) is 61.7 Å². The van der Waals surface area contributed by atoms with E-state index in [0.29, 0.717) is 5.92 Å². The highest BCUT2D eigenvalue weighted by Gasteiger charge is 2.28. The number of ether oxygens (including phenoxy) is 1. The Hall–Kier alpha value is -1.40. The molecule has 3 heterocycles. The fourth-order valence-electron chi connectivity index (χ4n) is 3.54. The van der Waals surface area contributed by atoms with Crippen molar-refractivity contribution in [3.8, 4) is 0 Å². The number of aliphatic hydroxyl groups is 1. The van der Waals surface area contributed by atoms with Crippen molar-refractivity contribution in [1.29, 1.82) is 0 Å². The summed E-state index contributed by atoms with van der Waals surface area (Å²) >= 11 is 0. The molecule has 2 aliphatic heterocycles. The minimum Gasteiger partial charge on any atom is -0.394 e. The lowest BCUT2D eigenvalue weighted by atomic mass is 9.96. The van der Waals surface area contributed by atoms with E-state index in [1.54, 1.807) is 13.4 Å². The molecule has 0 radical (unpaired) electrons. The van der Waals surface area contributed by atoms with Crippen molar-refractivity contribution in [2.75, 3.05) is 43.2 Å². The second-order valence-corrected chi connectivity index (χ2v) is 6.39. The van der Waals surface area contributed by atoms with Crippen molar-refractivity contribution in [2.45, 2.75) is 38.3 Å². The highest BCUT2D eigenvalue weighted by Crippen LogP contribution is 2.28. The fraction of sp³-hybridized carbons (Fsp3) is 0.750. The van der Waals surface area contributed by atoms with Gasteiger partial charge in [-0.1, -0.05) is 6.92 Å². The van der Waals surface area contributed by atoms with Crippen LogP contribution in [0.4, 0.5) is 11.6 Å². The van der Waals surface area contributed by atoms with E-state index >= 15 is 0 Å². The number of aromatic nitrogens is 2. The molecule has 0 amide bonds. The van der Waals surface area contributed by atoms with E-state index in [2.05, 4.69) is 32.8 Å². The molecule has 122 valence electrons. The first-order valence-electron chi connectivity index (χ1n) is 8.20. The Kier molecular flexibility index (Phi) is 4.78. The molecule has 0 aliphatic carbocycles. The smallest absolute Gasteiger partial charge is 0.134 e. The van der Waals surface area contributed by atoms with Crippen LogP contribution in [0.15, 0.2) is 12.4 Å². The Morgan fingerprint density at radius 3 is 2.86 bits per heavy atom. The standard InChI is InChI=1S/C16H26N4O2/c1-12-5-7-19(9-14(12)22-2)15-8-16(18-11-17-15)20-6-3-4-13(20)10-21/h8,11-14,21H,3-7,9-10H2,1-2H3. The molecule has 0 saturated carbocycles. The molecule has 2 fully saturated rings. The van der Waals surface area contributed by atoms with Gasteiger partial charge < -0.3 is 19.6 Å². The maximum atomic E-state index is 9.50. The third kappa shape index (κ3) is 3.03. The summed E-state index contributed by atoms with van der Waals surface area (Å²) < 4.78 is 5.59. The lowest BCUT2D eigenvalue weighted by Crippen LogP contribution is -2.44. The van der Waals surface area contributed by atoms with E-state index in [-0.39, 0.29) is 18.8 Å². The zero-order chi connectivity index (χ0) is 15.5. The molecule has 0 bridgehead atoms. The van der Waals surface area contributed by atoms with Crippen molar-refractivity contribution in [3.05, 3.63) is 12.4 Å². The Labute approximate surface area is 132 Å². The van der Waals surface area contributed by atoms with Crippen molar-refractivity contribution in [2.24, 2.45) is 5.92 Å². The molecular formula is C16H26N4O2. The molecule has 6 nitrogen and oxygen atoms in total. The van der Waals surface area contributed by atoms with E-state index < -0.39 is 0 Å². The van der Waals surface area contributed by atoms with Gasteiger partial charge in [0.05, 0.1) is 18.8 Å². The zero-order valence-corrected chi connectivity index (χ0v) is 13.5. The van der Waals surface area contributed by atoms with Gasteiger partial charge in [0.25, 0.3) is 0 Å². The highest BCUT2D eigenvalue weighted by molar-refractivity contribution is 5.51. The van der Waals surface area contributed by atoms with Crippen molar-refractivity contribution in [1.82, 2.24) is 9.97 Å². The van der Waals surface area contributed by atoms with E-state index in [9.17, 15) is 5.11 Å². The second kappa shape index (κ2) is 6.79. The molecule has 1 aromatic heterocycles. The molecule has 1 aromatic rings. The maximum absolute atomic E-state index is 9.50. The van der Waals surface area contributed by atoms with Crippen molar-refractivity contribution in [3.63, 3.8) is 0 Å². The minimum absolute atomic E-state index is 0.187. The lowest BCUT2D eigenvalue weighted by molar-refractivity contribution is 0.0496. The molecular weight excluding hydrogens is 280 g/mol. The summed E-state index contributed by atoms with van der Waals surface area (Å²) in [4.78, 5) is 13.3. The van der Waals surface area contributed by atoms with Crippen LogP contribution in [-0.4, -0.2) is 60.6 Å². The minimum atomic E-state index is 0.187. The number of aliphatic hydroxyl groups excluding tert-OH is 1. The molecule has 3 atom stereocenters. The summed E-state index contributed by atoms with van der Waals surface area (Å²) in [6, 6.07) is 2.24. The molecule has 2 saturated heterocycles. The normalized spacial score (nSPS) is 29.1. The van der Waals surface area contributed by atoms with Gasteiger partial charge in [0.2, 0.25) is 0 Å². The van der Waals surface area contributed by atoms with E-state index in [1.807, 2.05) is 0 Å². The van der Waals surface area contributed by atoms with Crippen LogP contribution in [0.2, 0.25) is 0 Å². The van der Waals surface area contributed by atoms with Crippen LogP contribution in [0, 0.1) is 5.92 Å². The summed E-state index contributed by atoms with van der Waals surface area (Å²) in [7, 11) is 1.78. The number of nitrogens with zero attached hydrogens (tertiary/aromatic N) is 4. The first-order valence-corrected chi connectivity index (χ1v) is 8.20. The SMILES string of the molecule is COC1CN(c2cc(N3CCCC3CO)ncn2)CCC1C. The first kappa shape index (κ1) is 15.5. The number of hydrogen-bond acceptors (Lipinski definition) is 6. The Balaban J connectivity index is 1.76. The summed E-state index contributed by atoms with van der Waals surface area (Å²) in [5.74, 6) is 2.47. The molecule has 22 heavy (non-hydrogen) atoms. The number of methoxy groups -OCH3 is 1. The summed E-state index contributed by atoms with van der Waals surface area (Å²) in [6.45, 7) is 5.26. The largest absolute Gasteiger partial charge is 0.394 e. The summed E-state index contributed by atoms with van der Waals surface area (Å²) in [5.41, 5.74) is 0. The van der Waals surface area contributed by atoms with E-state index in [0.717, 1.165) is 50.5 Å². The van der Waals surface area contributed by atoms with Crippen LogP contribution < -0.4 is 9.80 Å². The average molecular weight is 306 g/mol. The lowest BCUT2D eigenvalue weighted by Gasteiger charge is -2.37. The van der Waals surface area contributed by atoms with Crippen molar-refractivity contribution < 1.29 is 9.84 Å². The van der Waals surface area contributed by atoms with Gasteiger partial charge in [0, 0.05) is 32.8 Å². The molecule has 2 aliphatic rings. The predicted octanol–water partition coefficient (Wildman–Crippen LogP) is 1.30. The predicted molar refractivity (Wildman–Crippen MR) is 86.3 cm³/mol. The van der Waals surface area contributed by atoms with Gasteiger partial charge in [-0.25, -0.2) is 9.97 Å². The Morgan fingerprint density at radius 2 is 2.09 bits per heavy atom. The van der Waals surface area contributed by atoms with Crippen LogP contribution in [0.1, 0.15) is 26.2 Å². The van der Waals surface area contributed by atoms with Crippen LogP contribution in [-0.2, 0) is 4.74 Å². The highest BCUT2D eigenvalue weighted by atomic mass is 16.5. The van der Waals surface area contributed by atoms with Gasteiger partial charge in [-0.15, -0.1) is 0 Å². The first-order chi connectivity index (χ1) is 10.7. The molecule has 1 N–H and O–H groups in total. The molecule has 6 heteroatoms. The summed E-state index contributed by atoms with van der Waals surface area (Å²) in [5, 5.41) is 9.50. The number of hydrogen-bond donors (Lipinski definition) is 1. The summed E-state index contributed by atoms with van der Waals surface area (Å²) in [6.07, 6.45) is 5.14. The number of anilines is 2. The monoisotopic (exact) mass is 306 g/mol. The van der Waals surface area contributed by atoms with Crippen LogP contribution in [0.5, 0.6) is 0 Å². The quantitative estimate of drug-likeness (QED) is 0.905. The van der Waals surface area contributed by atoms with Gasteiger partial charge >= 0.3 is 0 Å². The third-order valence-electron chi connectivity index (χ3n) is 5.04. The Morgan fingerprint density at radius 1 is 1.27 bits per heavy atom. The van der Waals surface area contributed by atoms with Gasteiger partial charge in [0.1, 0.15) is 18.0 Å². The van der Waals surface area contributed by atoms with E-state index in [1.165, 1.54) is 0 Å². The van der Waals surface area contributed by atoms with Crippen LogP contribution in [0.3, 0.4) is 0 Å². The molecule has 3 unspecified atom stereocenters. The number of piperidine rings is 1. The molecule has 0 spiro atoms.